The quantitative estimate of drug-likeness (QED) is 0.926. The minimum absolute atomic E-state index is 0.184. The molecule has 22 heavy (non-hydrogen) atoms. The molecule has 0 spiro atoms. The Hall–Kier alpha value is -2.27. The maximum absolute atomic E-state index is 13.7. The first-order valence-electron chi connectivity index (χ1n) is 7.12. The van der Waals surface area contributed by atoms with Gasteiger partial charge in [-0.3, -0.25) is 4.79 Å². The molecule has 0 bridgehead atoms. The van der Waals surface area contributed by atoms with Gasteiger partial charge in [0.05, 0.1) is 0 Å². The first-order chi connectivity index (χ1) is 10.6. The van der Waals surface area contributed by atoms with Crippen LogP contribution in [0.2, 0.25) is 0 Å². The molecule has 0 radical (unpaired) electrons. The van der Waals surface area contributed by atoms with Crippen molar-refractivity contribution in [3.8, 4) is 0 Å². The summed E-state index contributed by atoms with van der Waals surface area (Å²) in [6.45, 7) is 0.568. The Morgan fingerprint density at radius 2 is 1.91 bits per heavy atom. The predicted molar refractivity (Wildman–Crippen MR) is 78.8 cm³/mol. The number of carbonyl (C=O) groups excluding carboxylic acids is 1. The third kappa shape index (κ3) is 2.72. The van der Waals surface area contributed by atoms with E-state index in [2.05, 4.69) is 0 Å². The van der Waals surface area contributed by atoms with E-state index in [1.165, 1.54) is 6.07 Å². The lowest BCUT2D eigenvalue weighted by Gasteiger charge is -2.31. The van der Waals surface area contributed by atoms with Crippen molar-refractivity contribution >= 4 is 5.91 Å². The van der Waals surface area contributed by atoms with Crippen LogP contribution in [-0.2, 0) is 17.8 Å². The molecular formula is C17H16F2N2O. The fourth-order valence-electron chi connectivity index (χ4n) is 2.80. The second-order valence-electron chi connectivity index (χ2n) is 5.42. The fraction of sp³-hybridized carbons (Fsp3) is 0.235. The Kier molecular flexibility index (Phi) is 3.90. The molecule has 114 valence electrons. The summed E-state index contributed by atoms with van der Waals surface area (Å²) >= 11 is 0. The number of benzene rings is 2. The number of nitrogens with two attached hydrogens (primary N) is 1. The van der Waals surface area contributed by atoms with Gasteiger partial charge in [-0.15, -0.1) is 0 Å². The Labute approximate surface area is 127 Å². The molecule has 0 saturated carbocycles. The van der Waals surface area contributed by atoms with Crippen molar-refractivity contribution in [1.82, 2.24) is 4.90 Å². The highest BCUT2D eigenvalue weighted by molar-refractivity contribution is 5.83. The average molecular weight is 302 g/mol. The zero-order chi connectivity index (χ0) is 15.7. The van der Waals surface area contributed by atoms with Crippen molar-refractivity contribution in [3.63, 3.8) is 0 Å². The van der Waals surface area contributed by atoms with Crippen molar-refractivity contribution in [2.45, 2.75) is 19.0 Å². The number of fused-ring (bicyclic) bond motifs is 1. The van der Waals surface area contributed by atoms with Crippen LogP contribution in [0.5, 0.6) is 0 Å². The van der Waals surface area contributed by atoms with E-state index in [9.17, 15) is 13.6 Å². The van der Waals surface area contributed by atoms with Crippen LogP contribution in [0.4, 0.5) is 8.78 Å². The van der Waals surface area contributed by atoms with E-state index < -0.39 is 17.7 Å². The van der Waals surface area contributed by atoms with Crippen LogP contribution < -0.4 is 5.73 Å². The van der Waals surface area contributed by atoms with Crippen molar-refractivity contribution < 1.29 is 13.6 Å². The fourth-order valence-corrected chi connectivity index (χ4v) is 2.80. The normalized spacial score (nSPS) is 15.3. The third-order valence-corrected chi connectivity index (χ3v) is 3.98. The summed E-state index contributed by atoms with van der Waals surface area (Å²) in [4.78, 5) is 14.0. The van der Waals surface area contributed by atoms with E-state index in [-0.39, 0.29) is 12.5 Å². The van der Waals surface area contributed by atoms with E-state index in [1.54, 1.807) is 17.0 Å². The molecule has 1 atom stereocenters. The molecule has 1 amide bonds. The van der Waals surface area contributed by atoms with Crippen LogP contribution >= 0.6 is 0 Å². The van der Waals surface area contributed by atoms with Gasteiger partial charge in [-0.2, -0.15) is 0 Å². The van der Waals surface area contributed by atoms with E-state index in [1.807, 2.05) is 18.2 Å². The van der Waals surface area contributed by atoms with Crippen LogP contribution in [-0.4, -0.2) is 17.4 Å². The highest BCUT2D eigenvalue weighted by atomic mass is 19.1. The van der Waals surface area contributed by atoms with E-state index in [0.717, 1.165) is 11.6 Å². The third-order valence-electron chi connectivity index (χ3n) is 3.98. The van der Waals surface area contributed by atoms with Gasteiger partial charge in [-0.25, -0.2) is 8.78 Å². The SMILES string of the molecule is N[C@@H](C(=O)N1CCc2c(F)cc(F)cc2C1)c1ccccc1. The van der Waals surface area contributed by atoms with Gasteiger partial charge >= 0.3 is 0 Å². The molecule has 1 aliphatic heterocycles. The average Bonchev–Trinajstić information content (AvgIpc) is 2.53. The molecule has 2 aromatic rings. The van der Waals surface area contributed by atoms with Crippen LogP contribution in [0.1, 0.15) is 22.7 Å². The zero-order valence-electron chi connectivity index (χ0n) is 11.9. The van der Waals surface area contributed by atoms with Gasteiger partial charge in [0.25, 0.3) is 0 Å². The van der Waals surface area contributed by atoms with E-state index >= 15 is 0 Å². The molecule has 0 unspecified atom stereocenters. The molecule has 0 fully saturated rings. The summed E-state index contributed by atoms with van der Waals surface area (Å²) in [6.07, 6.45) is 0.370. The van der Waals surface area contributed by atoms with Gasteiger partial charge in [0.15, 0.2) is 0 Å². The van der Waals surface area contributed by atoms with Gasteiger partial charge in [-0.05, 0) is 29.2 Å². The van der Waals surface area contributed by atoms with Crippen LogP contribution in [0, 0.1) is 11.6 Å². The number of hydrogen-bond acceptors (Lipinski definition) is 2. The second kappa shape index (κ2) is 5.85. The minimum Gasteiger partial charge on any atom is -0.336 e. The summed E-state index contributed by atoms with van der Waals surface area (Å²) in [5.74, 6) is -1.41. The summed E-state index contributed by atoms with van der Waals surface area (Å²) in [5.41, 5.74) is 7.73. The van der Waals surface area contributed by atoms with Gasteiger partial charge in [0, 0.05) is 19.2 Å². The highest BCUT2D eigenvalue weighted by Crippen LogP contribution is 2.25. The maximum Gasteiger partial charge on any atom is 0.244 e. The number of rotatable bonds is 2. The molecular weight excluding hydrogens is 286 g/mol. The van der Waals surface area contributed by atoms with Crippen molar-refractivity contribution in [1.29, 1.82) is 0 Å². The number of halogens is 2. The second-order valence-corrected chi connectivity index (χ2v) is 5.42. The molecule has 2 aromatic carbocycles. The Morgan fingerprint density at radius 1 is 1.18 bits per heavy atom. The largest absolute Gasteiger partial charge is 0.336 e. The Morgan fingerprint density at radius 3 is 2.64 bits per heavy atom. The molecule has 1 aliphatic rings. The molecule has 5 heteroatoms. The molecule has 3 nitrogen and oxygen atoms in total. The topological polar surface area (TPSA) is 46.3 Å². The van der Waals surface area contributed by atoms with Gasteiger partial charge in [0.1, 0.15) is 17.7 Å². The molecule has 0 saturated heterocycles. The molecule has 2 N–H and O–H groups in total. The summed E-state index contributed by atoms with van der Waals surface area (Å²) < 4.78 is 27.1. The van der Waals surface area contributed by atoms with E-state index in [4.69, 9.17) is 5.73 Å². The first kappa shape index (κ1) is 14.7. The Balaban J connectivity index is 1.81. The van der Waals surface area contributed by atoms with Gasteiger partial charge < -0.3 is 10.6 Å². The lowest BCUT2D eigenvalue weighted by molar-refractivity contribution is -0.133. The summed E-state index contributed by atoms with van der Waals surface area (Å²) in [7, 11) is 0. The number of amides is 1. The summed E-state index contributed by atoms with van der Waals surface area (Å²) in [5, 5.41) is 0. The number of hydrogen-bond donors (Lipinski definition) is 1. The lowest BCUT2D eigenvalue weighted by Crippen LogP contribution is -2.41. The maximum atomic E-state index is 13.7. The van der Waals surface area contributed by atoms with Gasteiger partial charge in [-0.1, -0.05) is 30.3 Å². The van der Waals surface area contributed by atoms with Crippen LogP contribution in [0.15, 0.2) is 42.5 Å². The number of carbonyl (C=O) groups is 1. The monoisotopic (exact) mass is 302 g/mol. The predicted octanol–water partition coefficient (Wildman–Crippen LogP) is 2.55. The minimum atomic E-state index is -0.763. The standard InChI is InChI=1S/C17H16F2N2O/c18-13-8-12-10-21(7-6-14(12)15(19)9-13)17(22)16(20)11-4-2-1-3-5-11/h1-5,8-9,16H,6-7,10,20H2/t16-/m1/s1. The zero-order valence-corrected chi connectivity index (χ0v) is 11.9. The van der Waals surface area contributed by atoms with Crippen LogP contribution in [0.25, 0.3) is 0 Å². The van der Waals surface area contributed by atoms with Crippen molar-refractivity contribution in [2.75, 3.05) is 6.54 Å². The molecule has 1 heterocycles. The van der Waals surface area contributed by atoms with E-state index in [0.29, 0.717) is 24.1 Å². The highest BCUT2D eigenvalue weighted by Gasteiger charge is 2.27. The molecule has 0 aromatic heterocycles. The lowest BCUT2D eigenvalue weighted by atomic mass is 9.97. The van der Waals surface area contributed by atoms with Crippen LogP contribution in [0.3, 0.4) is 0 Å². The van der Waals surface area contributed by atoms with Gasteiger partial charge in [0.2, 0.25) is 5.91 Å². The molecule has 0 aliphatic carbocycles. The summed E-state index contributed by atoms with van der Waals surface area (Å²) in [6, 6.07) is 10.5. The molecule has 3 rings (SSSR count). The number of nitrogens with zero attached hydrogens (tertiary/aromatic N) is 1. The van der Waals surface area contributed by atoms with Crippen molar-refractivity contribution in [2.24, 2.45) is 5.73 Å². The Bertz CT molecular complexity index is 703. The first-order valence-corrected chi connectivity index (χ1v) is 7.12. The smallest absolute Gasteiger partial charge is 0.244 e. The van der Waals surface area contributed by atoms with Crippen molar-refractivity contribution in [3.05, 3.63) is 70.8 Å².